The lowest BCUT2D eigenvalue weighted by Crippen LogP contribution is -2.00. The van der Waals surface area contributed by atoms with E-state index in [0.717, 1.165) is 32.9 Å². The van der Waals surface area contributed by atoms with E-state index >= 15 is 0 Å². The van der Waals surface area contributed by atoms with Gasteiger partial charge in [0.15, 0.2) is 0 Å². The van der Waals surface area contributed by atoms with E-state index in [1.807, 2.05) is 44.6 Å². The molecule has 0 bridgehead atoms. The Hall–Kier alpha value is -3.26. The molecule has 0 fully saturated rings. The zero-order valence-electron chi connectivity index (χ0n) is 15.6. The maximum absolute atomic E-state index is 11.3. The average molecular weight is 394 g/mol. The molecule has 0 aliphatic carbocycles. The highest BCUT2D eigenvalue weighted by Crippen LogP contribution is 2.43. The van der Waals surface area contributed by atoms with Crippen molar-refractivity contribution in [1.82, 2.24) is 19.3 Å². The fourth-order valence-corrected chi connectivity index (χ4v) is 4.29. The molecule has 4 rings (SSSR count). The number of hydrogen-bond acceptors (Lipinski definition) is 5. The molecule has 0 aliphatic rings. The Labute approximate surface area is 165 Å². The fraction of sp³-hybridized carbons (Fsp3) is 0.150. The van der Waals surface area contributed by atoms with Crippen molar-refractivity contribution in [2.45, 2.75) is 16.8 Å². The first-order chi connectivity index (χ1) is 13.5. The largest absolute Gasteiger partial charge is 0.496 e. The average Bonchev–Trinajstić information content (AvgIpc) is 3.23. The minimum Gasteiger partial charge on any atom is -0.496 e. The van der Waals surface area contributed by atoms with E-state index in [2.05, 4.69) is 14.6 Å². The second-order valence-corrected chi connectivity index (χ2v) is 7.28. The van der Waals surface area contributed by atoms with Gasteiger partial charge >= 0.3 is 5.97 Å². The monoisotopic (exact) mass is 394 g/mol. The van der Waals surface area contributed by atoms with Crippen molar-refractivity contribution < 1.29 is 14.6 Å². The van der Waals surface area contributed by atoms with Gasteiger partial charge < -0.3 is 14.4 Å². The first-order valence-electron chi connectivity index (χ1n) is 8.55. The van der Waals surface area contributed by atoms with Gasteiger partial charge in [-0.1, -0.05) is 23.9 Å². The summed E-state index contributed by atoms with van der Waals surface area (Å²) in [5.74, 6) is -0.297. The molecule has 0 saturated carbocycles. The third-order valence-corrected chi connectivity index (χ3v) is 5.60. The van der Waals surface area contributed by atoms with Gasteiger partial charge in [0, 0.05) is 23.8 Å². The third kappa shape index (κ3) is 3.01. The minimum atomic E-state index is -1.05. The van der Waals surface area contributed by atoms with Gasteiger partial charge in [-0.15, -0.1) is 0 Å². The molecule has 1 aromatic carbocycles. The van der Waals surface area contributed by atoms with Crippen LogP contribution in [0.25, 0.3) is 16.6 Å². The predicted molar refractivity (Wildman–Crippen MR) is 107 cm³/mol. The zero-order valence-corrected chi connectivity index (χ0v) is 16.4. The lowest BCUT2D eigenvalue weighted by atomic mass is 10.2. The maximum atomic E-state index is 11.3. The van der Waals surface area contributed by atoms with Crippen LogP contribution in [0.3, 0.4) is 0 Å². The van der Waals surface area contributed by atoms with Crippen molar-refractivity contribution in [3.05, 3.63) is 60.2 Å². The summed E-state index contributed by atoms with van der Waals surface area (Å²) in [5, 5.41) is 15.1. The molecule has 142 valence electrons. The molecule has 7 nitrogen and oxygen atoms in total. The molecular weight excluding hydrogens is 376 g/mol. The molecule has 4 aromatic rings. The van der Waals surface area contributed by atoms with Crippen LogP contribution in [0.1, 0.15) is 16.2 Å². The first-order valence-corrected chi connectivity index (χ1v) is 9.36. The van der Waals surface area contributed by atoms with Crippen molar-refractivity contribution >= 4 is 28.6 Å². The molecule has 0 aliphatic heterocycles. The Morgan fingerprint density at radius 1 is 1.21 bits per heavy atom. The molecule has 0 amide bonds. The number of hydrogen-bond donors (Lipinski definition) is 1. The molecular formula is C20H18N4O3S. The summed E-state index contributed by atoms with van der Waals surface area (Å²) in [6, 6.07) is 10.9. The number of fused-ring (bicyclic) bond motifs is 1. The molecule has 28 heavy (non-hydrogen) atoms. The van der Waals surface area contributed by atoms with Gasteiger partial charge in [0.2, 0.25) is 0 Å². The standard InChI is InChI=1S/C20H18N4O3S/c1-12-19(28-17-9-4-6-14(22-17)20(25)26)18-15(7-5-8-16(18)27-3)24(12)13-10-21-23(2)11-13/h4-11H,1-3H3,(H,25,26). The van der Waals surface area contributed by atoms with Gasteiger partial charge in [-0.2, -0.15) is 5.10 Å². The van der Waals surface area contributed by atoms with Crippen LogP contribution in [0.2, 0.25) is 0 Å². The van der Waals surface area contributed by atoms with Crippen LogP contribution in [0.4, 0.5) is 0 Å². The van der Waals surface area contributed by atoms with Crippen LogP contribution in [-0.2, 0) is 7.05 Å². The van der Waals surface area contributed by atoms with Crippen molar-refractivity contribution in [1.29, 1.82) is 0 Å². The summed E-state index contributed by atoms with van der Waals surface area (Å²) in [7, 11) is 3.52. The highest BCUT2D eigenvalue weighted by Gasteiger charge is 2.21. The Morgan fingerprint density at radius 3 is 2.68 bits per heavy atom. The number of nitrogens with zero attached hydrogens (tertiary/aromatic N) is 4. The SMILES string of the molecule is COc1cccc2c1c(Sc1cccc(C(=O)O)n1)c(C)n2-c1cnn(C)c1. The zero-order chi connectivity index (χ0) is 19.8. The number of aromatic carboxylic acids is 1. The van der Waals surface area contributed by atoms with Crippen molar-refractivity contribution in [3.8, 4) is 11.4 Å². The van der Waals surface area contributed by atoms with Crippen LogP contribution in [-0.4, -0.2) is 37.5 Å². The van der Waals surface area contributed by atoms with Crippen molar-refractivity contribution in [2.75, 3.05) is 7.11 Å². The smallest absolute Gasteiger partial charge is 0.354 e. The van der Waals surface area contributed by atoms with E-state index in [4.69, 9.17) is 4.74 Å². The summed E-state index contributed by atoms with van der Waals surface area (Å²) in [4.78, 5) is 16.5. The molecule has 1 N–H and O–H groups in total. The van der Waals surface area contributed by atoms with E-state index in [9.17, 15) is 9.90 Å². The highest BCUT2D eigenvalue weighted by molar-refractivity contribution is 7.99. The van der Waals surface area contributed by atoms with Gasteiger partial charge in [-0.3, -0.25) is 4.68 Å². The number of methoxy groups -OCH3 is 1. The van der Waals surface area contributed by atoms with Gasteiger partial charge in [-0.05, 0) is 31.2 Å². The Kier molecular flexibility index (Phi) is 4.56. The third-order valence-electron chi connectivity index (χ3n) is 4.45. The van der Waals surface area contributed by atoms with Crippen molar-refractivity contribution in [2.24, 2.45) is 7.05 Å². The molecule has 8 heteroatoms. The van der Waals surface area contributed by atoms with E-state index in [0.29, 0.717) is 5.03 Å². The number of rotatable bonds is 5. The second-order valence-electron chi connectivity index (χ2n) is 6.24. The lowest BCUT2D eigenvalue weighted by Gasteiger charge is -2.06. The molecule has 0 unspecified atom stereocenters. The van der Waals surface area contributed by atoms with E-state index < -0.39 is 5.97 Å². The summed E-state index contributed by atoms with van der Waals surface area (Å²) < 4.78 is 9.49. The number of pyridine rings is 1. The van der Waals surface area contributed by atoms with Gasteiger partial charge in [0.05, 0.1) is 29.9 Å². The van der Waals surface area contributed by atoms with E-state index in [1.54, 1.807) is 23.9 Å². The van der Waals surface area contributed by atoms with Gasteiger partial charge in [0.1, 0.15) is 16.5 Å². The van der Waals surface area contributed by atoms with Crippen LogP contribution in [0.5, 0.6) is 5.75 Å². The number of carbonyl (C=O) groups is 1. The first kappa shape index (κ1) is 18.1. The minimum absolute atomic E-state index is 0.0191. The van der Waals surface area contributed by atoms with Crippen LogP contribution in [0.15, 0.2) is 58.7 Å². The fourth-order valence-electron chi connectivity index (χ4n) is 3.24. The summed E-state index contributed by atoms with van der Waals surface area (Å²) in [6.07, 6.45) is 3.76. The Morgan fingerprint density at radius 2 is 2.00 bits per heavy atom. The quantitative estimate of drug-likeness (QED) is 0.552. The van der Waals surface area contributed by atoms with Crippen molar-refractivity contribution in [3.63, 3.8) is 0 Å². The number of carboxylic acids is 1. The topological polar surface area (TPSA) is 82.2 Å². The Balaban J connectivity index is 1.94. The molecule has 0 atom stereocenters. The number of aryl methyl sites for hydroxylation is 1. The summed E-state index contributed by atoms with van der Waals surface area (Å²) >= 11 is 1.42. The number of ether oxygens (including phenoxy) is 1. The molecule has 3 aromatic heterocycles. The number of carboxylic acid groups (broad SMARTS) is 1. The van der Waals surface area contributed by atoms with Gasteiger partial charge in [-0.25, -0.2) is 9.78 Å². The van der Waals surface area contributed by atoms with Crippen LogP contribution in [0, 0.1) is 6.92 Å². The number of aromatic nitrogens is 4. The summed E-state index contributed by atoms with van der Waals surface area (Å²) in [5.41, 5.74) is 2.95. The van der Waals surface area contributed by atoms with E-state index in [1.165, 1.54) is 17.8 Å². The van der Waals surface area contributed by atoms with E-state index in [-0.39, 0.29) is 5.69 Å². The lowest BCUT2D eigenvalue weighted by molar-refractivity contribution is 0.0689. The van der Waals surface area contributed by atoms with Crippen LogP contribution < -0.4 is 4.74 Å². The number of benzene rings is 1. The normalized spacial score (nSPS) is 11.1. The van der Waals surface area contributed by atoms with Crippen LogP contribution >= 0.6 is 11.8 Å². The summed E-state index contributed by atoms with van der Waals surface area (Å²) in [6.45, 7) is 2.02. The highest BCUT2D eigenvalue weighted by atomic mass is 32.2. The second kappa shape index (κ2) is 7.05. The predicted octanol–water partition coefficient (Wildman–Crippen LogP) is 3.93. The molecule has 0 saturated heterocycles. The van der Waals surface area contributed by atoms with Gasteiger partial charge in [0.25, 0.3) is 0 Å². The Bertz CT molecular complexity index is 1200. The molecule has 0 radical (unpaired) electrons. The molecule has 0 spiro atoms. The maximum Gasteiger partial charge on any atom is 0.354 e. The molecule has 3 heterocycles.